The molecule has 0 aromatic carbocycles. The van der Waals surface area contributed by atoms with Gasteiger partial charge in [0.15, 0.2) is 6.29 Å². The molecule has 1 saturated heterocycles. The lowest BCUT2D eigenvalue weighted by Crippen LogP contribution is -2.33. The average molecular weight is 180 g/mol. The summed E-state index contributed by atoms with van der Waals surface area (Å²) in [7, 11) is 1.42. The Hall–Kier alpha value is 0.190. The molecule has 0 saturated carbocycles. The summed E-state index contributed by atoms with van der Waals surface area (Å²) < 4.78 is 9.85. The number of aliphatic hydroxyl groups excluding tert-OH is 2. The number of hydrogen-bond acceptors (Lipinski definition) is 5. The van der Waals surface area contributed by atoms with Gasteiger partial charge >= 0.3 is 0 Å². The van der Waals surface area contributed by atoms with E-state index in [0.717, 1.165) is 0 Å². The Balaban J connectivity index is 2.53. The first kappa shape index (κ1) is 9.28. The zero-order valence-electron chi connectivity index (χ0n) is 6.17. The normalized spacial score (nSPS) is 44.7. The second-order valence-corrected chi connectivity index (χ2v) is 2.81. The lowest BCUT2D eigenvalue weighted by atomic mass is 10.2. The number of rotatable bonds is 2. The van der Waals surface area contributed by atoms with E-state index in [1.807, 2.05) is 0 Å². The summed E-state index contributed by atoms with van der Waals surface area (Å²) in [4.78, 5) is 0. The van der Waals surface area contributed by atoms with Crippen molar-refractivity contribution in [1.29, 1.82) is 0 Å². The fourth-order valence-electron chi connectivity index (χ4n) is 1.06. The summed E-state index contributed by atoms with van der Waals surface area (Å²) in [5, 5.41) is 18.5. The van der Waals surface area contributed by atoms with E-state index in [1.165, 1.54) is 7.11 Å². The first-order chi connectivity index (χ1) is 5.20. The molecule has 1 heterocycles. The molecule has 0 aliphatic carbocycles. The Kier molecular flexibility index (Phi) is 3.15. The third-order valence-corrected chi connectivity index (χ3v) is 2.09. The molecule has 1 rings (SSSR count). The van der Waals surface area contributed by atoms with Crippen molar-refractivity contribution in [2.45, 2.75) is 24.6 Å². The van der Waals surface area contributed by atoms with Gasteiger partial charge in [0, 0.05) is 12.9 Å². The lowest BCUT2D eigenvalue weighted by Gasteiger charge is -2.11. The molecule has 2 N–H and O–H groups in total. The van der Waals surface area contributed by atoms with Crippen LogP contribution in [0, 0.1) is 0 Å². The van der Waals surface area contributed by atoms with Crippen molar-refractivity contribution >= 4 is 12.6 Å². The Morgan fingerprint density at radius 2 is 2.09 bits per heavy atom. The minimum absolute atomic E-state index is 0.373. The fraction of sp³-hybridized carbons (Fsp3) is 1.00. The lowest BCUT2D eigenvalue weighted by molar-refractivity contribution is -0.145. The van der Waals surface area contributed by atoms with Crippen LogP contribution < -0.4 is 0 Å². The summed E-state index contributed by atoms with van der Waals surface area (Å²) in [6.07, 6.45) is -3.00. The van der Waals surface area contributed by atoms with Crippen molar-refractivity contribution in [2.75, 3.05) is 12.9 Å². The SMILES string of the molecule is CO[C@H]1O[C@H](CS)[C@@H](O)[C@@H]1O. The topological polar surface area (TPSA) is 58.9 Å². The van der Waals surface area contributed by atoms with Crippen LogP contribution in [0.1, 0.15) is 0 Å². The summed E-state index contributed by atoms with van der Waals surface area (Å²) >= 11 is 3.94. The quantitative estimate of drug-likeness (QED) is 0.478. The van der Waals surface area contributed by atoms with Crippen LogP contribution in [0.2, 0.25) is 0 Å². The van der Waals surface area contributed by atoms with Gasteiger partial charge in [-0.2, -0.15) is 12.6 Å². The number of hydrogen-bond donors (Lipinski definition) is 3. The molecule has 11 heavy (non-hydrogen) atoms. The van der Waals surface area contributed by atoms with Crippen LogP contribution in [-0.2, 0) is 9.47 Å². The van der Waals surface area contributed by atoms with Crippen molar-refractivity contribution < 1.29 is 19.7 Å². The predicted molar refractivity (Wildman–Crippen MR) is 41.5 cm³/mol. The molecule has 0 amide bonds. The monoisotopic (exact) mass is 180 g/mol. The Morgan fingerprint density at radius 1 is 1.45 bits per heavy atom. The van der Waals surface area contributed by atoms with Crippen molar-refractivity contribution in [2.24, 2.45) is 0 Å². The van der Waals surface area contributed by atoms with Gasteiger partial charge in [-0.1, -0.05) is 0 Å². The average Bonchev–Trinajstić information content (AvgIpc) is 2.30. The molecule has 1 fully saturated rings. The van der Waals surface area contributed by atoms with E-state index in [9.17, 15) is 10.2 Å². The van der Waals surface area contributed by atoms with Gasteiger partial charge in [-0.05, 0) is 0 Å². The van der Waals surface area contributed by atoms with Crippen LogP contribution in [0.15, 0.2) is 0 Å². The standard InChI is InChI=1S/C6H12O4S/c1-9-6-5(8)4(7)3(2-11)10-6/h3-8,11H,2H2,1H3/t3-,4-,5+,6+/m1/s1. The number of ether oxygens (including phenoxy) is 2. The molecule has 0 aromatic heterocycles. The number of thiol groups is 1. The van der Waals surface area contributed by atoms with Gasteiger partial charge in [-0.15, -0.1) is 0 Å². The molecule has 0 unspecified atom stereocenters. The number of methoxy groups -OCH3 is 1. The van der Waals surface area contributed by atoms with Crippen molar-refractivity contribution in [3.63, 3.8) is 0 Å². The molecular weight excluding hydrogens is 168 g/mol. The van der Waals surface area contributed by atoms with Crippen LogP contribution in [-0.4, -0.2) is 47.7 Å². The Bertz CT molecular complexity index is 114. The van der Waals surface area contributed by atoms with Crippen molar-refractivity contribution in [3.8, 4) is 0 Å². The molecule has 5 heteroatoms. The highest BCUT2D eigenvalue weighted by Gasteiger charge is 2.41. The van der Waals surface area contributed by atoms with Gasteiger partial charge < -0.3 is 19.7 Å². The van der Waals surface area contributed by atoms with Crippen LogP contribution in [0.3, 0.4) is 0 Å². The van der Waals surface area contributed by atoms with Crippen molar-refractivity contribution in [3.05, 3.63) is 0 Å². The summed E-state index contributed by atoms with van der Waals surface area (Å²) in [6, 6.07) is 0. The van der Waals surface area contributed by atoms with Crippen LogP contribution in [0.25, 0.3) is 0 Å². The van der Waals surface area contributed by atoms with Crippen LogP contribution in [0.5, 0.6) is 0 Å². The molecule has 0 bridgehead atoms. The van der Waals surface area contributed by atoms with E-state index in [2.05, 4.69) is 12.6 Å². The second-order valence-electron chi connectivity index (χ2n) is 2.44. The molecule has 0 radical (unpaired) electrons. The van der Waals surface area contributed by atoms with E-state index in [-0.39, 0.29) is 0 Å². The van der Waals surface area contributed by atoms with E-state index >= 15 is 0 Å². The zero-order valence-corrected chi connectivity index (χ0v) is 7.07. The molecule has 0 spiro atoms. The maximum absolute atomic E-state index is 9.26. The summed E-state index contributed by atoms with van der Waals surface area (Å²) in [5.41, 5.74) is 0. The fourth-order valence-corrected chi connectivity index (χ4v) is 1.36. The third kappa shape index (κ3) is 1.68. The first-order valence-corrected chi connectivity index (χ1v) is 3.99. The molecule has 1 aliphatic rings. The largest absolute Gasteiger partial charge is 0.387 e. The smallest absolute Gasteiger partial charge is 0.186 e. The zero-order chi connectivity index (χ0) is 8.43. The molecular formula is C6H12O4S. The van der Waals surface area contributed by atoms with Crippen LogP contribution >= 0.6 is 12.6 Å². The summed E-state index contributed by atoms with van der Waals surface area (Å²) in [5.74, 6) is 0.373. The van der Waals surface area contributed by atoms with E-state index in [0.29, 0.717) is 5.75 Å². The summed E-state index contributed by atoms with van der Waals surface area (Å²) in [6.45, 7) is 0. The van der Waals surface area contributed by atoms with Gasteiger partial charge in [0.05, 0.1) is 6.10 Å². The Morgan fingerprint density at radius 3 is 2.36 bits per heavy atom. The maximum atomic E-state index is 9.26. The first-order valence-electron chi connectivity index (χ1n) is 3.36. The van der Waals surface area contributed by atoms with E-state index in [1.54, 1.807) is 0 Å². The van der Waals surface area contributed by atoms with Gasteiger partial charge in [0.25, 0.3) is 0 Å². The molecule has 66 valence electrons. The molecule has 4 nitrogen and oxygen atoms in total. The maximum Gasteiger partial charge on any atom is 0.186 e. The van der Waals surface area contributed by atoms with Gasteiger partial charge in [-0.25, -0.2) is 0 Å². The van der Waals surface area contributed by atoms with Gasteiger partial charge in [0.1, 0.15) is 12.2 Å². The van der Waals surface area contributed by atoms with Crippen molar-refractivity contribution in [1.82, 2.24) is 0 Å². The highest BCUT2D eigenvalue weighted by atomic mass is 32.1. The molecule has 4 atom stereocenters. The highest BCUT2D eigenvalue weighted by Crippen LogP contribution is 2.22. The van der Waals surface area contributed by atoms with Gasteiger partial charge in [-0.3, -0.25) is 0 Å². The minimum atomic E-state index is -0.961. The van der Waals surface area contributed by atoms with E-state index < -0.39 is 24.6 Å². The molecule has 1 aliphatic heterocycles. The minimum Gasteiger partial charge on any atom is -0.387 e. The molecule has 0 aromatic rings. The van der Waals surface area contributed by atoms with Crippen LogP contribution in [0.4, 0.5) is 0 Å². The second kappa shape index (κ2) is 3.73. The Labute approximate surface area is 70.5 Å². The predicted octanol–water partition coefficient (Wildman–Crippen LogP) is -0.991. The third-order valence-electron chi connectivity index (χ3n) is 1.73. The van der Waals surface area contributed by atoms with E-state index in [4.69, 9.17) is 9.47 Å². The highest BCUT2D eigenvalue weighted by molar-refractivity contribution is 7.80. The number of aliphatic hydroxyl groups is 2. The van der Waals surface area contributed by atoms with Gasteiger partial charge in [0.2, 0.25) is 0 Å².